The summed E-state index contributed by atoms with van der Waals surface area (Å²) in [6, 6.07) is 4.54. The number of rotatable bonds is 9. The van der Waals surface area contributed by atoms with Crippen LogP contribution >= 0.6 is 11.3 Å². The second-order valence-corrected chi connectivity index (χ2v) is 10.4. The number of amides is 1. The number of likely N-dealkylation sites (N-methyl/N-ethyl adjacent to an activating group) is 1. The molecule has 0 spiro atoms. The number of methoxy groups -OCH3 is 2. The van der Waals surface area contributed by atoms with Gasteiger partial charge in [0, 0.05) is 44.2 Å². The molecule has 9 nitrogen and oxygen atoms in total. The first-order valence-electron chi connectivity index (χ1n) is 10.4. The Morgan fingerprint density at radius 3 is 2.44 bits per heavy atom. The monoisotopic (exact) mass is 482 g/mol. The number of nitrogens with zero attached hydrogens (tertiary/aromatic N) is 4. The molecule has 1 aromatic carbocycles. The standard InChI is InChI=1S/C21H30N4O5S2/c1-5-20-22-16(15-31-20)13-23(2)14-21(26)24-8-10-25(11-9-24)32(27,28)17-6-7-18(29-3)19(12-17)30-4/h6-7,12,15H,5,8-11,13-14H2,1-4H3. The van der Waals surface area contributed by atoms with Crippen LogP contribution in [0.15, 0.2) is 28.5 Å². The number of hydrogen-bond acceptors (Lipinski definition) is 8. The summed E-state index contributed by atoms with van der Waals surface area (Å²) in [6.45, 7) is 4.15. The van der Waals surface area contributed by atoms with Crippen molar-refractivity contribution < 1.29 is 22.7 Å². The summed E-state index contributed by atoms with van der Waals surface area (Å²) < 4.78 is 37.9. The number of thiazole rings is 1. The van der Waals surface area contributed by atoms with Crippen molar-refractivity contribution in [2.45, 2.75) is 24.8 Å². The van der Waals surface area contributed by atoms with Gasteiger partial charge in [-0.05, 0) is 25.6 Å². The number of aryl methyl sites for hydroxylation is 1. The van der Waals surface area contributed by atoms with E-state index >= 15 is 0 Å². The number of piperazine rings is 1. The maximum absolute atomic E-state index is 13.1. The van der Waals surface area contributed by atoms with Crippen LogP contribution in [0.25, 0.3) is 0 Å². The van der Waals surface area contributed by atoms with E-state index < -0.39 is 10.0 Å². The lowest BCUT2D eigenvalue weighted by Crippen LogP contribution is -2.52. The van der Waals surface area contributed by atoms with Gasteiger partial charge in [-0.25, -0.2) is 13.4 Å². The zero-order valence-electron chi connectivity index (χ0n) is 18.9. The van der Waals surface area contributed by atoms with Crippen LogP contribution in [0.4, 0.5) is 0 Å². The summed E-state index contributed by atoms with van der Waals surface area (Å²) in [6.07, 6.45) is 0.907. The summed E-state index contributed by atoms with van der Waals surface area (Å²) >= 11 is 1.63. The molecule has 0 saturated carbocycles. The molecule has 32 heavy (non-hydrogen) atoms. The minimum Gasteiger partial charge on any atom is -0.493 e. The van der Waals surface area contributed by atoms with Gasteiger partial charge in [0.05, 0.1) is 36.4 Å². The Balaban J connectivity index is 1.56. The minimum absolute atomic E-state index is 0.0124. The van der Waals surface area contributed by atoms with Crippen molar-refractivity contribution in [2.75, 3.05) is 54.0 Å². The highest BCUT2D eigenvalue weighted by molar-refractivity contribution is 7.89. The van der Waals surface area contributed by atoms with Crippen molar-refractivity contribution in [2.24, 2.45) is 0 Å². The summed E-state index contributed by atoms with van der Waals surface area (Å²) in [5.74, 6) is 0.813. The summed E-state index contributed by atoms with van der Waals surface area (Å²) in [7, 11) is 1.16. The fourth-order valence-electron chi connectivity index (χ4n) is 3.55. The van der Waals surface area contributed by atoms with Gasteiger partial charge in [-0.3, -0.25) is 9.69 Å². The van der Waals surface area contributed by atoms with Gasteiger partial charge in [-0.1, -0.05) is 6.92 Å². The first kappa shape index (κ1) is 24.4. The highest BCUT2D eigenvalue weighted by Gasteiger charge is 2.31. The molecule has 1 aliphatic heterocycles. The number of benzene rings is 1. The molecule has 2 heterocycles. The second-order valence-electron chi connectivity index (χ2n) is 7.56. The molecule has 11 heteroatoms. The molecular weight excluding hydrogens is 452 g/mol. The van der Waals surface area contributed by atoms with Crippen LogP contribution in [0.5, 0.6) is 11.5 Å². The maximum Gasteiger partial charge on any atom is 0.243 e. The van der Waals surface area contributed by atoms with Gasteiger partial charge < -0.3 is 14.4 Å². The Bertz CT molecular complexity index is 1030. The van der Waals surface area contributed by atoms with Crippen LogP contribution in [0, 0.1) is 0 Å². The van der Waals surface area contributed by atoms with Gasteiger partial charge in [0.25, 0.3) is 0 Å². The fraction of sp³-hybridized carbons (Fsp3) is 0.524. The van der Waals surface area contributed by atoms with Gasteiger partial charge in [0.15, 0.2) is 11.5 Å². The molecule has 0 unspecified atom stereocenters. The topological polar surface area (TPSA) is 92.3 Å². The smallest absolute Gasteiger partial charge is 0.243 e. The van der Waals surface area contributed by atoms with Crippen LogP contribution in [0.1, 0.15) is 17.6 Å². The second kappa shape index (κ2) is 10.6. The Labute approximate surface area is 193 Å². The molecule has 0 radical (unpaired) electrons. The number of aromatic nitrogens is 1. The number of sulfonamides is 1. The fourth-order valence-corrected chi connectivity index (χ4v) is 5.73. The lowest BCUT2D eigenvalue weighted by molar-refractivity contribution is -0.133. The summed E-state index contributed by atoms with van der Waals surface area (Å²) in [5, 5.41) is 3.11. The van der Waals surface area contributed by atoms with E-state index in [2.05, 4.69) is 11.9 Å². The Hall–Kier alpha value is -2.21. The molecule has 0 N–H and O–H groups in total. The number of carbonyl (C=O) groups is 1. The van der Waals surface area contributed by atoms with E-state index in [4.69, 9.17) is 9.47 Å². The van der Waals surface area contributed by atoms with E-state index in [1.165, 1.54) is 30.7 Å². The van der Waals surface area contributed by atoms with Crippen molar-refractivity contribution in [3.63, 3.8) is 0 Å². The van der Waals surface area contributed by atoms with E-state index in [1.54, 1.807) is 22.3 Å². The van der Waals surface area contributed by atoms with E-state index in [0.29, 0.717) is 31.1 Å². The highest BCUT2D eigenvalue weighted by Crippen LogP contribution is 2.30. The largest absolute Gasteiger partial charge is 0.493 e. The first-order valence-corrected chi connectivity index (χ1v) is 12.7. The Kier molecular flexibility index (Phi) is 8.10. The maximum atomic E-state index is 13.1. The SMILES string of the molecule is CCc1nc(CN(C)CC(=O)N2CCN(S(=O)(=O)c3ccc(OC)c(OC)c3)CC2)cs1. The van der Waals surface area contributed by atoms with E-state index in [9.17, 15) is 13.2 Å². The first-order chi connectivity index (χ1) is 15.3. The number of hydrogen-bond donors (Lipinski definition) is 0. The molecule has 1 saturated heterocycles. The molecule has 0 aliphatic carbocycles. The average molecular weight is 483 g/mol. The minimum atomic E-state index is -3.69. The lowest BCUT2D eigenvalue weighted by atomic mass is 10.3. The molecule has 0 bridgehead atoms. The predicted octanol–water partition coefficient (Wildman–Crippen LogP) is 1.69. The molecule has 0 atom stereocenters. The van der Waals surface area contributed by atoms with Gasteiger partial charge in [0.1, 0.15) is 0 Å². The third kappa shape index (κ3) is 5.58. The molecule has 1 amide bonds. The van der Waals surface area contributed by atoms with Crippen LogP contribution in [0.2, 0.25) is 0 Å². The molecule has 1 aromatic heterocycles. The van der Waals surface area contributed by atoms with Gasteiger partial charge in [-0.2, -0.15) is 4.31 Å². The zero-order valence-corrected chi connectivity index (χ0v) is 20.5. The Morgan fingerprint density at radius 1 is 1.16 bits per heavy atom. The summed E-state index contributed by atoms with van der Waals surface area (Å²) in [5.41, 5.74) is 0.966. The van der Waals surface area contributed by atoms with Crippen molar-refractivity contribution in [3.8, 4) is 11.5 Å². The van der Waals surface area contributed by atoms with Crippen LogP contribution < -0.4 is 9.47 Å². The van der Waals surface area contributed by atoms with Crippen molar-refractivity contribution in [1.29, 1.82) is 0 Å². The normalized spacial score (nSPS) is 15.2. The van der Waals surface area contributed by atoms with Crippen LogP contribution in [-0.2, 0) is 27.8 Å². The van der Waals surface area contributed by atoms with Crippen LogP contribution in [-0.4, -0.2) is 87.4 Å². The quantitative estimate of drug-likeness (QED) is 0.537. The predicted molar refractivity (Wildman–Crippen MR) is 123 cm³/mol. The number of ether oxygens (including phenoxy) is 2. The van der Waals surface area contributed by atoms with E-state index in [-0.39, 0.29) is 30.4 Å². The molecule has 3 rings (SSSR count). The molecule has 176 valence electrons. The zero-order chi connectivity index (χ0) is 23.3. The van der Waals surface area contributed by atoms with Crippen molar-refractivity contribution in [3.05, 3.63) is 34.3 Å². The van der Waals surface area contributed by atoms with Crippen molar-refractivity contribution >= 4 is 27.3 Å². The van der Waals surface area contributed by atoms with E-state index in [1.807, 2.05) is 17.3 Å². The van der Waals surface area contributed by atoms with Crippen LogP contribution in [0.3, 0.4) is 0 Å². The summed E-state index contributed by atoms with van der Waals surface area (Å²) in [4.78, 5) is 21.0. The molecule has 1 fully saturated rings. The van der Waals surface area contributed by atoms with Gasteiger partial charge >= 0.3 is 0 Å². The third-order valence-electron chi connectivity index (χ3n) is 5.32. The Morgan fingerprint density at radius 2 is 1.84 bits per heavy atom. The van der Waals surface area contributed by atoms with Crippen molar-refractivity contribution in [1.82, 2.24) is 19.1 Å². The van der Waals surface area contributed by atoms with Gasteiger partial charge in [0.2, 0.25) is 15.9 Å². The van der Waals surface area contributed by atoms with Gasteiger partial charge in [-0.15, -0.1) is 11.3 Å². The lowest BCUT2D eigenvalue weighted by Gasteiger charge is -2.34. The molecular formula is C21H30N4O5S2. The van der Waals surface area contributed by atoms with E-state index in [0.717, 1.165) is 17.1 Å². The average Bonchev–Trinajstić information content (AvgIpc) is 3.25. The third-order valence-corrected chi connectivity index (χ3v) is 8.26. The molecule has 2 aromatic rings. The number of carbonyl (C=O) groups excluding carboxylic acids is 1. The highest BCUT2D eigenvalue weighted by atomic mass is 32.2. The molecule has 1 aliphatic rings.